The van der Waals surface area contributed by atoms with E-state index in [2.05, 4.69) is 60.6 Å². The molecule has 0 bridgehead atoms. The molecule has 2 nitrogen and oxygen atoms in total. The summed E-state index contributed by atoms with van der Waals surface area (Å²) in [5.41, 5.74) is 5.12. The maximum atomic E-state index is 4.94. The summed E-state index contributed by atoms with van der Waals surface area (Å²) in [4.78, 5) is 7.15. The number of halogens is 2. The maximum Gasteiger partial charge on any atom is 0.0727 e. The molecule has 4 rings (SSSR count). The molecule has 1 fully saturated rings. The van der Waals surface area contributed by atoms with Gasteiger partial charge in [0.15, 0.2) is 0 Å². The second kappa shape index (κ2) is 8.73. The van der Waals surface area contributed by atoms with E-state index in [1.165, 1.54) is 48.6 Å². The molecular formula is C21H26Cl2N2. The van der Waals surface area contributed by atoms with Gasteiger partial charge in [-0.05, 0) is 49.5 Å². The molecule has 0 unspecified atom stereocenters. The monoisotopic (exact) mass is 376 g/mol. The Labute approximate surface area is 162 Å². The molecule has 0 amide bonds. The molecular weight excluding hydrogens is 351 g/mol. The lowest BCUT2D eigenvalue weighted by Crippen LogP contribution is -2.09. The second-order valence-corrected chi connectivity index (χ2v) is 6.64. The standard InChI is InChI=1S/C21H24N2.2ClH/c1-2-23-14-12-18-20(13-15-23)22-19-11-7-6-10-17(19)21(18)16-8-4-3-5-9-16;;/h6-7,10-16H,2-5,8-9H2,1H3;2*1H. The number of rotatable bonds is 2. The Bertz CT molecular complexity index is 777. The third-order valence-electron chi connectivity index (χ3n) is 5.24. The Balaban J connectivity index is 0.00000113. The first-order chi connectivity index (χ1) is 11.4. The number of pyridine rings is 1. The van der Waals surface area contributed by atoms with Gasteiger partial charge < -0.3 is 4.90 Å². The van der Waals surface area contributed by atoms with Crippen LogP contribution in [-0.4, -0.2) is 16.4 Å². The Kier molecular flexibility index (Phi) is 6.92. The number of hydrogen-bond acceptors (Lipinski definition) is 2. The second-order valence-electron chi connectivity index (χ2n) is 6.64. The minimum Gasteiger partial charge on any atom is -0.354 e. The van der Waals surface area contributed by atoms with Crippen molar-refractivity contribution in [3.8, 4) is 0 Å². The summed E-state index contributed by atoms with van der Waals surface area (Å²) >= 11 is 0. The quantitative estimate of drug-likeness (QED) is 0.602. The van der Waals surface area contributed by atoms with Crippen molar-refractivity contribution in [3.63, 3.8) is 0 Å². The van der Waals surface area contributed by atoms with E-state index in [1.54, 1.807) is 0 Å². The summed E-state index contributed by atoms with van der Waals surface area (Å²) in [5, 5.41) is 1.35. The van der Waals surface area contributed by atoms with Gasteiger partial charge in [-0.1, -0.05) is 37.5 Å². The highest BCUT2D eigenvalue weighted by atomic mass is 35.5. The van der Waals surface area contributed by atoms with Crippen LogP contribution in [0.5, 0.6) is 0 Å². The number of nitrogens with zero attached hydrogens (tertiary/aromatic N) is 2. The predicted molar refractivity (Wildman–Crippen MR) is 113 cm³/mol. The fraction of sp³-hybridized carbons (Fsp3) is 0.381. The van der Waals surface area contributed by atoms with Gasteiger partial charge in [0.1, 0.15) is 0 Å². The van der Waals surface area contributed by atoms with Crippen LogP contribution in [0, 0.1) is 0 Å². The largest absolute Gasteiger partial charge is 0.354 e. The molecule has 1 aromatic carbocycles. The van der Waals surface area contributed by atoms with Crippen LogP contribution in [0.15, 0.2) is 36.7 Å². The fourth-order valence-corrected chi connectivity index (χ4v) is 4.00. The molecule has 1 aliphatic carbocycles. The normalized spacial score (nSPS) is 16.8. The first-order valence-electron chi connectivity index (χ1n) is 8.91. The van der Waals surface area contributed by atoms with Crippen molar-refractivity contribution in [2.75, 3.05) is 6.54 Å². The van der Waals surface area contributed by atoms with Crippen molar-refractivity contribution in [1.29, 1.82) is 0 Å². The number of fused-ring (bicyclic) bond motifs is 2. The number of benzene rings is 1. The van der Waals surface area contributed by atoms with E-state index < -0.39 is 0 Å². The van der Waals surface area contributed by atoms with Crippen LogP contribution in [0.1, 0.15) is 61.8 Å². The molecule has 1 aromatic heterocycles. The van der Waals surface area contributed by atoms with E-state index >= 15 is 0 Å². The van der Waals surface area contributed by atoms with Gasteiger partial charge in [-0.2, -0.15) is 0 Å². The van der Waals surface area contributed by atoms with Crippen molar-refractivity contribution < 1.29 is 0 Å². The van der Waals surface area contributed by atoms with Crippen molar-refractivity contribution in [3.05, 3.63) is 53.5 Å². The van der Waals surface area contributed by atoms with Gasteiger partial charge >= 0.3 is 0 Å². The van der Waals surface area contributed by atoms with Gasteiger partial charge in [0, 0.05) is 29.9 Å². The Morgan fingerprint density at radius 2 is 1.72 bits per heavy atom. The van der Waals surface area contributed by atoms with Crippen LogP contribution >= 0.6 is 24.8 Å². The first-order valence-corrected chi connectivity index (χ1v) is 8.91. The summed E-state index contributed by atoms with van der Waals surface area (Å²) in [6.45, 7) is 3.16. The summed E-state index contributed by atoms with van der Waals surface area (Å²) in [6, 6.07) is 8.66. The van der Waals surface area contributed by atoms with Crippen molar-refractivity contribution in [1.82, 2.24) is 9.88 Å². The molecule has 2 aromatic rings. The molecule has 0 saturated heterocycles. The molecule has 4 heteroatoms. The molecule has 0 N–H and O–H groups in total. The number of aromatic nitrogens is 1. The fourth-order valence-electron chi connectivity index (χ4n) is 4.00. The topological polar surface area (TPSA) is 16.1 Å². The first kappa shape index (κ1) is 19.8. The summed E-state index contributed by atoms with van der Waals surface area (Å²) in [7, 11) is 0. The average Bonchev–Trinajstić information content (AvgIpc) is 2.82. The van der Waals surface area contributed by atoms with Gasteiger partial charge in [-0.3, -0.25) is 0 Å². The Morgan fingerprint density at radius 3 is 2.48 bits per heavy atom. The van der Waals surface area contributed by atoms with Crippen LogP contribution in [0.4, 0.5) is 0 Å². The van der Waals surface area contributed by atoms with Crippen molar-refractivity contribution >= 4 is 47.9 Å². The molecule has 134 valence electrons. The molecule has 1 aliphatic heterocycles. The predicted octanol–water partition coefficient (Wildman–Crippen LogP) is 6.40. The molecule has 0 radical (unpaired) electrons. The summed E-state index contributed by atoms with van der Waals surface area (Å²) < 4.78 is 0. The third-order valence-corrected chi connectivity index (χ3v) is 5.24. The van der Waals surface area contributed by atoms with E-state index in [4.69, 9.17) is 4.98 Å². The molecule has 2 heterocycles. The minimum absolute atomic E-state index is 0. The molecule has 25 heavy (non-hydrogen) atoms. The molecule has 0 spiro atoms. The van der Waals surface area contributed by atoms with E-state index in [0.717, 1.165) is 17.8 Å². The average molecular weight is 377 g/mol. The zero-order valence-electron chi connectivity index (χ0n) is 14.6. The summed E-state index contributed by atoms with van der Waals surface area (Å²) in [5.74, 6) is 0.677. The zero-order valence-corrected chi connectivity index (χ0v) is 16.3. The van der Waals surface area contributed by atoms with Gasteiger partial charge in [0.05, 0.1) is 11.2 Å². The van der Waals surface area contributed by atoms with Gasteiger partial charge in [0.2, 0.25) is 0 Å². The maximum absolute atomic E-state index is 4.94. The zero-order chi connectivity index (χ0) is 15.6. The lowest BCUT2D eigenvalue weighted by atomic mass is 9.80. The lowest BCUT2D eigenvalue weighted by molar-refractivity contribution is 0.445. The summed E-state index contributed by atoms with van der Waals surface area (Å²) in [6.07, 6.45) is 15.5. The highest BCUT2D eigenvalue weighted by Gasteiger charge is 2.23. The van der Waals surface area contributed by atoms with Crippen LogP contribution in [0.3, 0.4) is 0 Å². The van der Waals surface area contributed by atoms with E-state index in [9.17, 15) is 0 Å². The van der Waals surface area contributed by atoms with E-state index in [-0.39, 0.29) is 24.8 Å². The molecule has 0 atom stereocenters. The lowest BCUT2D eigenvalue weighted by Gasteiger charge is -2.25. The highest BCUT2D eigenvalue weighted by molar-refractivity contribution is 5.89. The molecule has 1 saturated carbocycles. The van der Waals surface area contributed by atoms with E-state index in [1.807, 2.05) is 0 Å². The number of para-hydroxylation sites is 1. The van der Waals surface area contributed by atoms with Gasteiger partial charge in [-0.25, -0.2) is 4.98 Å². The molecule has 2 aliphatic rings. The van der Waals surface area contributed by atoms with Gasteiger partial charge in [-0.15, -0.1) is 24.8 Å². The van der Waals surface area contributed by atoms with Crippen LogP contribution < -0.4 is 0 Å². The SMILES string of the molecule is CCN1C=Cc2nc3ccccc3c(C3CCCCC3)c2C=C1.Cl.Cl. The smallest absolute Gasteiger partial charge is 0.0727 e. The number of hydrogen-bond donors (Lipinski definition) is 0. The third kappa shape index (κ3) is 3.86. The Hall–Kier alpha value is -1.51. The van der Waals surface area contributed by atoms with Crippen molar-refractivity contribution in [2.24, 2.45) is 0 Å². The highest BCUT2D eigenvalue weighted by Crippen LogP contribution is 2.40. The minimum atomic E-state index is 0. The van der Waals surface area contributed by atoms with Crippen LogP contribution in [0.2, 0.25) is 0 Å². The van der Waals surface area contributed by atoms with Crippen molar-refractivity contribution in [2.45, 2.75) is 44.9 Å². The Morgan fingerprint density at radius 1 is 1.00 bits per heavy atom. The van der Waals surface area contributed by atoms with E-state index in [0.29, 0.717) is 5.92 Å². The van der Waals surface area contributed by atoms with Crippen LogP contribution in [0.25, 0.3) is 23.1 Å². The van der Waals surface area contributed by atoms with Gasteiger partial charge in [0.25, 0.3) is 0 Å². The van der Waals surface area contributed by atoms with Crippen LogP contribution in [-0.2, 0) is 0 Å².